The zero-order chi connectivity index (χ0) is 17.9. The van der Waals surface area contributed by atoms with Crippen molar-refractivity contribution in [3.63, 3.8) is 0 Å². The standard InChI is InChI=1S/C17H15F3N2O2/c1-9(2)15-10(8-21-24)3-5-12(19)16(15)17(23)22-14-6-4-11(18)7-13(14)20/h3-7,21,24H,1,8H2,2H3,(H,22,23). The van der Waals surface area contributed by atoms with Gasteiger partial charge in [0, 0.05) is 12.6 Å². The molecule has 0 aromatic heterocycles. The average molecular weight is 336 g/mol. The Hall–Kier alpha value is -2.64. The first-order valence-electron chi connectivity index (χ1n) is 6.95. The highest BCUT2D eigenvalue weighted by atomic mass is 19.1. The highest BCUT2D eigenvalue weighted by molar-refractivity contribution is 6.07. The van der Waals surface area contributed by atoms with E-state index in [1.807, 2.05) is 5.48 Å². The minimum absolute atomic E-state index is 0.0341. The van der Waals surface area contributed by atoms with Gasteiger partial charge in [-0.25, -0.2) is 18.7 Å². The maximum Gasteiger partial charge on any atom is 0.259 e. The Morgan fingerprint density at radius 1 is 1.12 bits per heavy atom. The van der Waals surface area contributed by atoms with Crippen LogP contribution >= 0.6 is 0 Å². The van der Waals surface area contributed by atoms with Gasteiger partial charge in [-0.15, -0.1) is 0 Å². The lowest BCUT2D eigenvalue weighted by Gasteiger charge is -2.16. The van der Waals surface area contributed by atoms with Crippen LogP contribution in [-0.4, -0.2) is 11.1 Å². The second kappa shape index (κ2) is 7.29. The third kappa shape index (κ3) is 3.64. The quantitative estimate of drug-likeness (QED) is 0.727. The summed E-state index contributed by atoms with van der Waals surface area (Å²) in [5.41, 5.74) is 2.36. The van der Waals surface area contributed by atoms with E-state index in [9.17, 15) is 18.0 Å². The number of hydroxylamine groups is 1. The summed E-state index contributed by atoms with van der Waals surface area (Å²) < 4.78 is 40.8. The number of benzene rings is 2. The predicted octanol–water partition coefficient (Wildman–Crippen LogP) is 3.87. The Morgan fingerprint density at radius 2 is 1.83 bits per heavy atom. The van der Waals surface area contributed by atoms with Crippen LogP contribution in [0.25, 0.3) is 5.57 Å². The molecule has 0 saturated heterocycles. The number of hydrogen-bond acceptors (Lipinski definition) is 3. The largest absolute Gasteiger partial charge is 0.319 e. The van der Waals surface area contributed by atoms with Crippen LogP contribution < -0.4 is 10.8 Å². The van der Waals surface area contributed by atoms with E-state index >= 15 is 0 Å². The summed E-state index contributed by atoms with van der Waals surface area (Å²) in [4.78, 5) is 12.4. The molecule has 0 saturated carbocycles. The molecule has 0 radical (unpaired) electrons. The van der Waals surface area contributed by atoms with Crippen molar-refractivity contribution in [3.05, 3.63) is 71.1 Å². The van der Waals surface area contributed by atoms with Crippen LogP contribution in [0.2, 0.25) is 0 Å². The molecule has 0 atom stereocenters. The number of rotatable bonds is 5. The van der Waals surface area contributed by atoms with Crippen LogP contribution in [0, 0.1) is 17.5 Å². The Balaban J connectivity index is 2.48. The molecule has 2 aromatic carbocycles. The molecule has 1 amide bonds. The van der Waals surface area contributed by atoms with Crippen LogP contribution in [0.4, 0.5) is 18.9 Å². The van der Waals surface area contributed by atoms with Gasteiger partial charge < -0.3 is 10.5 Å². The highest BCUT2D eigenvalue weighted by Crippen LogP contribution is 2.26. The molecule has 3 N–H and O–H groups in total. The molecular weight excluding hydrogens is 321 g/mol. The summed E-state index contributed by atoms with van der Waals surface area (Å²) in [5.74, 6) is -3.50. The smallest absolute Gasteiger partial charge is 0.259 e. The van der Waals surface area contributed by atoms with Gasteiger partial charge in [-0.1, -0.05) is 12.6 Å². The molecule has 4 nitrogen and oxygen atoms in total. The van der Waals surface area contributed by atoms with Crippen molar-refractivity contribution in [1.29, 1.82) is 0 Å². The third-order valence-corrected chi connectivity index (χ3v) is 3.34. The van der Waals surface area contributed by atoms with Crippen LogP contribution in [0.15, 0.2) is 36.9 Å². The van der Waals surface area contributed by atoms with E-state index in [4.69, 9.17) is 5.21 Å². The lowest BCUT2D eigenvalue weighted by Crippen LogP contribution is -2.19. The fourth-order valence-electron chi connectivity index (χ4n) is 2.34. The molecule has 24 heavy (non-hydrogen) atoms. The topological polar surface area (TPSA) is 61.4 Å². The molecule has 0 aliphatic carbocycles. The number of nitrogens with one attached hydrogen (secondary N) is 2. The van der Waals surface area contributed by atoms with Crippen LogP contribution in [0.1, 0.15) is 28.4 Å². The second-order valence-corrected chi connectivity index (χ2v) is 5.15. The summed E-state index contributed by atoms with van der Waals surface area (Å²) in [6.45, 7) is 5.25. The molecule has 0 bridgehead atoms. The minimum atomic E-state index is -0.978. The third-order valence-electron chi connectivity index (χ3n) is 3.34. The summed E-state index contributed by atoms with van der Waals surface area (Å²) in [7, 11) is 0. The van der Waals surface area contributed by atoms with E-state index < -0.39 is 23.4 Å². The Labute approximate surface area is 136 Å². The molecule has 2 aromatic rings. The molecule has 0 aliphatic rings. The lowest BCUT2D eigenvalue weighted by molar-refractivity contribution is 0.102. The van der Waals surface area contributed by atoms with Crippen molar-refractivity contribution < 1.29 is 23.2 Å². The molecule has 2 rings (SSSR count). The van der Waals surface area contributed by atoms with Crippen LogP contribution in [0.5, 0.6) is 0 Å². The van der Waals surface area contributed by atoms with Gasteiger partial charge in [-0.2, -0.15) is 0 Å². The number of carbonyl (C=O) groups excluding carboxylic acids is 1. The normalized spacial score (nSPS) is 10.5. The zero-order valence-electron chi connectivity index (χ0n) is 12.8. The van der Waals surface area contributed by atoms with Gasteiger partial charge in [0.05, 0.1) is 11.3 Å². The van der Waals surface area contributed by atoms with E-state index in [2.05, 4.69) is 11.9 Å². The molecule has 7 heteroatoms. The number of amides is 1. The van der Waals surface area contributed by atoms with Gasteiger partial charge >= 0.3 is 0 Å². The summed E-state index contributed by atoms with van der Waals surface area (Å²) in [6.07, 6.45) is 0. The lowest BCUT2D eigenvalue weighted by atomic mass is 9.94. The number of halogens is 3. The van der Waals surface area contributed by atoms with Gasteiger partial charge in [0.2, 0.25) is 0 Å². The van der Waals surface area contributed by atoms with E-state index in [0.29, 0.717) is 17.2 Å². The van der Waals surface area contributed by atoms with Crippen LogP contribution in [-0.2, 0) is 6.54 Å². The number of allylic oxidation sites excluding steroid dienone is 1. The molecular formula is C17H15F3N2O2. The predicted molar refractivity (Wildman–Crippen MR) is 84.0 cm³/mol. The summed E-state index contributed by atoms with van der Waals surface area (Å²) in [6, 6.07) is 5.09. The van der Waals surface area contributed by atoms with Gasteiger partial charge in [-0.3, -0.25) is 4.79 Å². The van der Waals surface area contributed by atoms with Crippen molar-refractivity contribution in [1.82, 2.24) is 5.48 Å². The first kappa shape index (κ1) is 17.7. The van der Waals surface area contributed by atoms with E-state index in [1.54, 1.807) is 6.92 Å². The van der Waals surface area contributed by atoms with Gasteiger partial charge in [0.15, 0.2) is 0 Å². The monoisotopic (exact) mass is 336 g/mol. The molecule has 0 fully saturated rings. The van der Waals surface area contributed by atoms with Crippen molar-refractivity contribution in [2.75, 3.05) is 5.32 Å². The first-order chi connectivity index (χ1) is 11.3. The summed E-state index contributed by atoms with van der Waals surface area (Å²) >= 11 is 0. The van der Waals surface area contributed by atoms with Crippen LogP contribution in [0.3, 0.4) is 0 Å². The number of carbonyl (C=O) groups is 1. The summed E-state index contributed by atoms with van der Waals surface area (Å²) in [5, 5.41) is 11.1. The first-order valence-corrected chi connectivity index (χ1v) is 6.95. The van der Waals surface area contributed by atoms with E-state index in [-0.39, 0.29) is 23.4 Å². The van der Waals surface area contributed by atoms with Crippen molar-refractivity contribution >= 4 is 17.2 Å². The number of hydrogen-bond donors (Lipinski definition) is 3. The van der Waals surface area contributed by atoms with E-state index in [0.717, 1.165) is 18.2 Å². The Bertz CT molecular complexity index is 807. The van der Waals surface area contributed by atoms with Crippen molar-refractivity contribution in [2.45, 2.75) is 13.5 Å². The Kier molecular flexibility index (Phi) is 5.38. The maximum absolute atomic E-state index is 14.2. The highest BCUT2D eigenvalue weighted by Gasteiger charge is 2.21. The van der Waals surface area contributed by atoms with Crippen molar-refractivity contribution in [2.24, 2.45) is 0 Å². The number of anilines is 1. The van der Waals surface area contributed by atoms with Gasteiger partial charge in [0.1, 0.15) is 17.5 Å². The second-order valence-electron chi connectivity index (χ2n) is 5.15. The van der Waals surface area contributed by atoms with E-state index in [1.165, 1.54) is 6.07 Å². The fraction of sp³-hybridized carbons (Fsp3) is 0.118. The average Bonchev–Trinajstić information content (AvgIpc) is 2.51. The molecule has 0 spiro atoms. The molecule has 126 valence electrons. The van der Waals surface area contributed by atoms with Gasteiger partial charge in [-0.05, 0) is 41.8 Å². The zero-order valence-corrected chi connectivity index (χ0v) is 12.8. The molecule has 0 unspecified atom stereocenters. The minimum Gasteiger partial charge on any atom is -0.319 e. The molecule has 0 aliphatic heterocycles. The molecule has 0 heterocycles. The SMILES string of the molecule is C=C(C)c1c(CNO)ccc(F)c1C(=O)Nc1ccc(F)cc1F. The Morgan fingerprint density at radius 3 is 2.42 bits per heavy atom. The van der Waals surface area contributed by atoms with Gasteiger partial charge in [0.25, 0.3) is 5.91 Å². The maximum atomic E-state index is 14.2. The van der Waals surface area contributed by atoms with Crippen molar-refractivity contribution in [3.8, 4) is 0 Å². The fourth-order valence-corrected chi connectivity index (χ4v) is 2.34.